The van der Waals surface area contributed by atoms with Crippen molar-refractivity contribution >= 4 is 52.0 Å². The van der Waals surface area contributed by atoms with Gasteiger partial charge in [0.15, 0.2) is 0 Å². The summed E-state index contributed by atoms with van der Waals surface area (Å²) in [5.74, 6) is -1.26. The summed E-state index contributed by atoms with van der Waals surface area (Å²) in [5.41, 5.74) is 14.3. The number of carbonyl (C=O) groups is 2. The van der Waals surface area contributed by atoms with Crippen LogP contribution in [0.2, 0.25) is 0 Å². The topological polar surface area (TPSA) is 181 Å². The summed E-state index contributed by atoms with van der Waals surface area (Å²) < 4.78 is 17.1. The normalized spacial score (nSPS) is 10.6. The van der Waals surface area contributed by atoms with Gasteiger partial charge in [0.25, 0.3) is 11.5 Å². The van der Waals surface area contributed by atoms with Gasteiger partial charge in [-0.3, -0.25) is 24.4 Å². The van der Waals surface area contributed by atoms with E-state index in [1.54, 1.807) is 71.4 Å². The highest BCUT2D eigenvalue weighted by molar-refractivity contribution is 14.1. The molecular formula is C28H26FIN8O3. The molecule has 41 heavy (non-hydrogen) atoms. The van der Waals surface area contributed by atoms with Crippen LogP contribution in [0.3, 0.4) is 0 Å². The van der Waals surface area contributed by atoms with E-state index in [1.165, 1.54) is 29.0 Å². The zero-order chi connectivity index (χ0) is 29.5. The summed E-state index contributed by atoms with van der Waals surface area (Å²) in [6.07, 6.45) is 1.42. The summed E-state index contributed by atoms with van der Waals surface area (Å²) in [7, 11) is 0. The molecule has 2 amide bonds. The van der Waals surface area contributed by atoms with E-state index in [9.17, 15) is 18.8 Å². The number of hydrogen-bond acceptors (Lipinski definition) is 7. The summed E-state index contributed by atoms with van der Waals surface area (Å²) in [6, 6.07) is 17.2. The quantitative estimate of drug-likeness (QED) is 0.0494. The van der Waals surface area contributed by atoms with Gasteiger partial charge in [0.2, 0.25) is 11.7 Å². The lowest BCUT2D eigenvalue weighted by molar-refractivity contribution is -0.121. The number of nitrogens with zero attached hydrogens (tertiary/aromatic N) is 2. The van der Waals surface area contributed by atoms with E-state index in [2.05, 4.69) is 19.1 Å². The average molecular weight is 668 g/mol. The molecule has 0 aliphatic rings. The van der Waals surface area contributed by atoms with Crippen molar-refractivity contribution in [3.63, 3.8) is 0 Å². The van der Waals surface area contributed by atoms with Crippen LogP contribution in [-0.4, -0.2) is 27.2 Å². The number of amides is 2. The van der Waals surface area contributed by atoms with Crippen molar-refractivity contribution in [1.29, 1.82) is 5.41 Å². The van der Waals surface area contributed by atoms with Crippen molar-refractivity contribution in [2.24, 2.45) is 5.73 Å². The molecule has 1 aromatic heterocycles. The van der Waals surface area contributed by atoms with Crippen LogP contribution >= 0.6 is 22.9 Å². The third-order valence-electron chi connectivity index (χ3n) is 6.08. The van der Waals surface area contributed by atoms with Crippen LogP contribution in [0.1, 0.15) is 27.0 Å². The molecule has 3 aromatic carbocycles. The molecule has 0 saturated carbocycles. The minimum Gasteiger partial charge on any atom is -0.399 e. The van der Waals surface area contributed by atoms with E-state index in [4.69, 9.17) is 16.9 Å². The van der Waals surface area contributed by atoms with Crippen molar-refractivity contribution in [3.8, 4) is 11.3 Å². The van der Waals surface area contributed by atoms with Crippen LogP contribution in [-0.2, 0) is 24.4 Å². The summed E-state index contributed by atoms with van der Waals surface area (Å²) in [6.45, 7) is 0.0395. The second kappa shape index (κ2) is 13.0. The average Bonchev–Trinajstić information content (AvgIpc) is 2.96. The number of aromatic nitrogens is 2. The Labute approximate surface area is 248 Å². The Balaban J connectivity index is 1.56. The first-order valence-corrected chi connectivity index (χ1v) is 13.3. The summed E-state index contributed by atoms with van der Waals surface area (Å²) in [5, 5.41) is 13.0. The molecule has 0 aliphatic carbocycles. The number of hydrogen-bond donors (Lipinski definition) is 6. The van der Waals surface area contributed by atoms with E-state index in [0.717, 1.165) is 5.56 Å². The zero-order valence-electron chi connectivity index (χ0n) is 21.6. The highest BCUT2D eigenvalue weighted by Gasteiger charge is 2.17. The number of anilines is 2. The maximum absolute atomic E-state index is 13.2. The van der Waals surface area contributed by atoms with Crippen LogP contribution < -0.4 is 31.2 Å². The molecule has 0 bridgehead atoms. The van der Waals surface area contributed by atoms with Crippen LogP contribution in [0, 0.1) is 11.2 Å². The third-order valence-corrected chi connectivity index (χ3v) is 6.59. The van der Waals surface area contributed by atoms with Crippen LogP contribution in [0.25, 0.3) is 11.3 Å². The maximum Gasteiger partial charge on any atom is 0.294 e. The fourth-order valence-electron chi connectivity index (χ4n) is 3.96. The first-order valence-electron chi connectivity index (χ1n) is 12.2. The lowest BCUT2D eigenvalue weighted by atomic mass is 10.1. The fourth-order valence-corrected chi connectivity index (χ4v) is 4.33. The molecule has 0 radical (unpaired) electrons. The Hall–Kier alpha value is -4.79. The number of nitrogens with one attached hydrogen (secondary N) is 4. The lowest BCUT2D eigenvalue weighted by Gasteiger charge is -2.15. The molecule has 13 heteroatoms. The first kappa shape index (κ1) is 29.2. The Morgan fingerprint density at radius 3 is 2.22 bits per heavy atom. The van der Waals surface area contributed by atoms with Crippen molar-refractivity contribution in [1.82, 2.24) is 20.2 Å². The smallest absolute Gasteiger partial charge is 0.294 e. The van der Waals surface area contributed by atoms with Crippen LogP contribution in [0.4, 0.5) is 15.9 Å². The van der Waals surface area contributed by atoms with Gasteiger partial charge in [0.05, 0.1) is 34.8 Å². The molecule has 0 unspecified atom stereocenters. The minimum absolute atomic E-state index is 0.0307. The van der Waals surface area contributed by atoms with Gasteiger partial charge in [-0.15, -0.1) is 0 Å². The molecule has 11 nitrogen and oxygen atoms in total. The number of amidine groups is 1. The molecule has 8 N–H and O–H groups in total. The highest BCUT2D eigenvalue weighted by atomic mass is 127. The van der Waals surface area contributed by atoms with E-state index in [0.29, 0.717) is 16.7 Å². The van der Waals surface area contributed by atoms with E-state index < -0.39 is 17.4 Å². The molecule has 0 spiro atoms. The van der Waals surface area contributed by atoms with Gasteiger partial charge in [-0.05, 0) is 41.5 Å². The van der Waals surface area contributed by atoms with E-state index >= 15 is 0 Å². The number of nitrogens with two attached hydrogens (primary N) is 2. The Bertz CT molecular complexity index is 1660. The number of rotatable bonds is 10. The number of benzene rings is 3. The SMILES string of the molecule is N=C(N)c1ccc(CNC(=O)Cn2c(-c3cc(N)cc(C(=O)NCc4ccc(F)cc4)c3)cnc(NI)c2=O)cc1. The summed E-state index contributed by atoms with van der Waals surface area (Å²) >= 11 is 1.78. The van der Waals surface area contributed by atoms with Crippen LogP contribution in [0.15, 0.2) is 77.7 Å². The Morgan fingerprint density at radius 2 is 1.59 bits per heavy atom. The highest BCUT2D eigenvalue weighted by Crippen LogP contribution is 2.23. The number of carbonyl (C=O) groups excluding carboxylic acids is 2. The molecular weight excluding hydrogens is 642 g/mol. The van der Waals surface area contributed by atoms with Crippen molar-refractivity contribution < 1.29 is 14.0 Å². The van der Waals surface area contributed by atoms with Crippen molar-refractivity contribution in [2.45, 2.75) is 19.6 Å². The van der Waals surface area contributed by atoms with Gasteiger partial charge in [0, 0.05) is 35.5 Å². The molecule has 0 atom stereocenters. The van der Waals surface area contributed by atoms with Gasteiger partial charge >= 0.3 is 0 Å². The summed E-state index contributed by atoms with van der Waals surface area (Å²) in [4.78, 5) is 43.1. The van der Waals surface area contributed by atoms with Crippen molar-refractivity contribution in [3.05, 3.63) is 111 Å². The molecule has 1 heterocycles. The molecule has 210 valence electrons. The first-order chi connectivity index (χ1) is 19.6. The van der Waals surface area contributed by atoms with Gasteiger partial charge in [-0.1, -0.05) is 36.4 Å². The molecule has 0 saturated heterocycles. The van der Waals surface area contributed by atoms with Crippen LogP contribution in [0.5, 0.6) is 0 Å². The standard InChI is InChI=1S/C28H26FIN8O3/c29-21-7-3-17(4-8-21)13-36-27(40)20-9-19(10-22(31)11-20)23-14-35-26(37-30)28(41)38(23)15-24(39)34-12-16-1-5-18(6-2-16)25(32)33/h1-11,14H,12-13,15,31H2,(H3,32,33)(H,34,39)(H,35,37)(H,36,40). The fraction of sp³-hybridized carbons (Fsp3) is 0.107. The molecule has 0 aliphatic heterocycles. The predicted octanol–water partition coefficient (Wildman–Crippen LogP) is 2.92. The van der Waals surface area contributed by atoms with Gasteiger partial charge in [0.1, 0.15) is 18.2 Å². The van der Waals surface area contributed by atoms with Gasteiger partial charge < -0.3 is 25.6 Å². The van der Waals surface area contributed by atoms with Gasteiger partial charge in [-0.25, -0.2) is 9.37 Å². The molecule has 4 rings (SSSR count). The number of nitrogen functional groups attached to an aromatic ring is 2. The largest absolute Gasteiger partial charge is 0.399 e. The Morgan fingerprint density at radius 1 is 0.951 bits per heavy atom. The Kier molecular flexibility index (Phi) is 9.29. The minimum atomic E-state index is -0.539. The monoisotopic (exact) mass is 668 g/mol. The zero-order valence-corrected chi connectivity index (χ0v) is 23.7. The van der Waals surface area contributed by atoms with E-state index in [-0.39, 0.29) is 54.0 Å². The second-order valence-corrected chi connectivity index (χ2v) is 9.56. The van der Waals surface area contributed by atoms with Crippen molar-refractivity contribution in [2.75, 3.05) is 9.26 Å². The van der Waals surface area contributed by atoms with E-state index in [1.807, 2.05) is 0 Å². The van der Waals surface area contributed by atoms with Gasteiger partial charge in [-0.2, -0.15) is 0 Å². The molecule has 0 fully saturated rings. The second-order valence-electron chi connectivity index (χ2n) is 9.02. The third kappa shape index (κ3) is 7.45. The number of halogens is 2. The molecule has 4 aromatic rings. The maximum atomic E-state index is 13.2. The lowest BCUT2D eigenvalue weighted by Crippen LogP contribution is -2.33. The predicted molar refractivity (Wildman–Crippen MR) is 163 cm³/mol.